The van der Waals surface area contributed by atoms with Crippen LogP contribution in [0.5, 0.6) is 0 Å². The fourth-order valence-corrected chi connectivity index (χ4v) is 2.59. The van der Waals surface area contributed by atoms with Gasteiger partial charge in [-0.3, -0.25) is 4.79 Å². The summed E-state index contributed by atoms with van der Waals surface area (Å²) in [4.78, 5) is 22.6. The second-order valence-electron chi connectivity index (χ2n) is 5.12. The lowest BCUT2D eigenvalue weighted by molar-refractivity contribution is 0.0980. The first-order valence-electron chi connectivity index (χ1n) is 6.89. The van der Waals surface area contributed by atoms with E-state index in [4.69, 9.17) is 5.84 Å². The predicted octanol–water partition coefficient (Wildman–Crippen LogP) is 1.66. The average molecular weight is 283 g/mol. The highest BCUT2D eigenvalue weighted by atomic mass is 16.2. The van der Waals surface area contributed by atoms with Crippen molar-refractivity contribution in [2.24, 2.45) is 5.84 Å². The summed E-state index contributed by atoms with van der Waals surface area (Å²) in [7, 11) is 0. The molecule has 1 aromatic heterocycles. The largest absolute Gasteiger partial charge is 0.307 e. The maximum Gasteiger partial charge on any atom is 0.278 e. The molecule has 1 amide bonds. The van der Waals surface area contributed by atoms with Crippen molar-refractivity contribution >= 4 is 17.4 Å². The van der Waals surface area contributed by atoms with Crippen molar-refractivity contribution in [2.75, 3.05) is 16.9 Å². The SMILES string of the molecule is Cc1ccc2c(c1)CCCN2C(=O)c1cnc(NN)cn1. The predicted molar refractivity (Wildman–Crippen MR) is 81.0 cm³/mol. The summed E-state index contributed by atoms with van der Waals surface area (Å²) in [5.74, 6) is 5.55. The normalized spacial score (nSPS) is 13.7. The number of hydrazine groups is 1. The summed E-state index contributed by atoms with van der Waals surface area (Å²) in [6.45, 7) is 2.76. The van der Waals surface area contributed by atoms with Crippen molar-refractivity contribution < 1.29 is 4.79 Å². The molecular formula is C15H17N5O. The molecule has 3 N–H and O–H groups in total. The van der Waals surface area contributed by atoms with Crippen LogP contribution < -0.4 is 16.2 Å². The van der Waals surface area contributed by atoms with Crippen LogP contribution in [0.25, 0.3) is 0 Å². The number of aromatic nitrogens is 2. The molecule has 1 aliphatic rings. The van der Waals surface area contributed by atoms with Gasteiger partial charge in [-0.15, -0.1) is 0 Å². The van der Waals surface area contributed by atoms with Crippen LogP contribution in [0, 0.1) is 6.92 Å². The zero-order chi connectivity index (χ0) is 14.8. The first-order valence-corrected chi connectivity index (χ1v) is 6.89. The van der Waals surface area contributed by atoms with Crippen LogP contribution in [-0.4, -0.2) is 22.4 Å². The van der Waals surface area contributed by atoms with Gasteiger partial charge in [0.2, 0.25) is 0 Å². The molecule has 1 aromatic carbocycles. The van der Waals surface area contributed by atoms with E-state index in [0.717, 1.165) is 18.5 Å². The minimum Gasteiger partial charge on any atom is -0.307 e. The van der Waals surface area contributed by atoms with Gasteiger partial charge in [0.1, 0.15) is 5.69 Å². The Bertz CT molecular complexity index is 668. The van der Waals surface area contributed by atoms with Crippen LogP contribution in [0.4, 0.5) is 11.5 Å². The molecule has 1 aliphatic heterocycles. The van der Waals surface area contributed by atoms with E-state index in [2.05, 4.69) is 28.4 Å². The molecule has 108 valence electrons. The number of carbonyl (C=O) groups excluding carboxylic acids is 1. The van der Waals surface area contributed by atoms with Crippen molar-refractivity contribution in [1.82, 2.24) is 9.97 Å². The topological polar surface area (TPSA) is 84.1 Å². The number of hydrogen-bond acceptors (Lipinski definition) is 5. The van der Waals surface area contributed by atoms with Crippen molar-refractivity contribution in [2.45, 2.75) is 19.8 Å². The number of carbonyl (C=O) groups is 1. The molecule has 21 heavy (non-hydrogen) atoms. The fraction of sp³-hybridized carbons (Fsp3) is 0.267. The Morgan fingerprint density at radius 2 is 2.19 bits per heavy atom. The number of nitrogens with zero attached hydrogens (tertiary/aromatic N) is 3. The minimum absolute atomic E-state index is 0.129. The highest BCUT2D eigenvalue weighted by molar-refractivity contribution is 6.05. The number of aryl methyl sites for hydroxylation is 2. The van der Waals surface area contributed by atoms with Crippen LogP contribution in [-0.2, 0) is 6.42 Å². The summed E-state index contributed by atoms with van der Waals surface area (Å²) >= 11 is 0. The molecular weight excluding hydrogens is 266 g/mol. The van der Waals surface area contributed by atoms with Crippen molar-refractivity contribution in [3.63, 3.8) is 0 Å². The first-order chi connectivity index (χ1) is 10.2. The maximum atomic E-state index is 12.6. The van der Waals surface area contributed by atoms with Crippen LogP contribution in [0.1, 0.15) is 28.0 Å². The molecule has 0 bridgehead atoms. The van der Waals surface area contributed by atoms with E-state index >= 15 is 0 Å². The third kappa shape index (κ3) is 2.57. The molecule has 0 radical (unpaired) electrons. The van der Waals surface area contributed by atoms with Crippen molar-refractivity contribution in [3.05, 3.63) is 47.4 Å². The number of hydrogen-bond donors (Lipinski definition) is 2. The standard InChI is InChI=1S/C15H17N5O/c1-10-4-5-13-11(7-10)3-2-6-20(13)15(21)12-8-18-14(19-16)9-17-12/h4-5,7-9H,2-3,6,16H2,1H3,(H,18,19). The molecule has 6 heteroatoms. The number of benzene rings is 1. The van der Waals surface area contributed by atoms with E-state index in [1.165, 1.54) is 23.5 Å². The van der Waals surface area contributed by atoms with Crippen molar-refractivity contribution in [1.29, 1.82) is 0 Å². The van der Waals surface area contributed by atoms with Gasteiger partial charge in [-0.05, 0) is 31.4 Å². The van der Waals surface area contributed by atoms with E-state index in [1.54, 1.807) is 4.90 Å². The lowest BCUT2D eigenvalue weighted by Gasteiger charge is -2.29. The summed E-state index contributed by atoms with van der Waals surface area (Å²) in [5, 5.41) is 0. The number of nitrogens with one attached hydrogen (secondary N) is 1. The molecule has 0 saturated carbocycles. The lowest BCUT2D eigenvalue weighted by Crippen LogP contribution is -2.36. The summed E-state index contributed by atoms with van der Waals surface area (Å²) < 4.78 is 0. The van der Waals surface area contributed by atoms with Gasteiger partial charge in [-0.25, -0.2) is 15.8 Å². The molecule has 0 saturated heterocycles. The third-order valence-corrected chi connectivity index (χ3v) is 3.62. The number of fused-ring (bicyclic) bond motifs is 1. The number of nitrogens with two attached hydrogens (primary N) is 1. The highest BCUT2D eigenvalue weighted by Gasteiger charge is 2.24. The zero-order valence-electron chi connectivity index (χ0n) is 11.8. The molecule has 0 spiro atoms. The lowest BCUT2D eigenvalue weighted by atomic mass is 9.99. The van der Waals surface area contributed by atoms with Gasteiger partial charge in [-0.1, -0.05) is 17.7 Å². The van der Waals surface area contributed by atoms with Gasteiger partial charge in [0.25, 0.3) is 5.91 Å². The Labute approximate surface area is 123 Å². The second-order valence-corrected chi connectivity index (χ2v) is 5.12. The molecule has 3 rings (SSSR count). The van der Waals surface area contributed by atoms with E-state index in [-0.39, 0.29) is 5.91 Å². The summed E-state index contributed by atoms with van der Waals surface area (Å²) in [6.07, 6.45) is 4.85. The Kier molecular flexibility index (Phi) is 3.53. The minimum atomic E-state index is -0.129. The molecule has 0 atom stereocenters. The van der Waals surface area contributed by atoms with Gasteiger partial charge < -0.3 is 10.3 Å². The monoisotopic (exact) mass is 283 g/mol. The van der Waals surface area contributed by atoms with Crippen LogP contribution >= 0.6 is 0 Å². The van der Waals surface area contributed by atoms with E-state index in [9.17, 15) is 4.79 Å². The molecule has 2 aromatic rings. The number of nitrogen functional groups attached to an aromatic ring is 1. The number of anilines is 2. The van der Waals surface area contributed by atoms with Gasteiger partial charge in [0.05, 0.1) is 12.4 Å². The molecule has 6 nitrogen and oxygen atoms in total. The first kappa shape index (κ1) is 13.5. The quantitative estimate of drug-likeness (QED) is 0.647. The van der Waals surface area contributed by atoms with E-state index < -0.39 is 0 Å². The second kappa shape index (κ2) is 5.49. The maximum absolute atomic E-state index is 12.6. The van der Waals surface area contributed by atoms with Gasteiger partial charge >= 0.3 is 0 Å². The van der Waals surface area contributed by atoms with E-state index in [1.807, 2.05) is 12.1 Å². The molecule has 0 fully saturated rings. The summed E-state index contributed by atoms with van der Waals surface area (Å²) in [6, 6.07) is 6.17. The Balaban J connectivity index is 1.92. The van der Waals surface area contributed by atoms with Crippen LogP contribution in [0.15, 0.2) is 30.6 Å². The zero-order valence-corrected chi connectivity index (χ0v) is 11.8. The summed E-state index contributed by atoms with van der Waals surface area (Å²) in [5.41, 5.74) is 6.11. The smallest absolute Gasteiger partial charge is 0.278 e. The van der Waals surface area contributed by atoms with E-state index in [0.29, 0.717) is 18.1 Å². The van der Waals surface area contributed by atoms with Crippen molar-refractivity contribution in [3.8, 4) is 0 Å². The average Bonchev–Trinajstić information content (AvgIpc) is 2.53. The Morgan fingerprint density at radius 3 is 2.90 bits per heavy atom. The highest BCUT2D eigenvalue weighted by Crippen LogP contribution is 2.28. The Hall–Kier alpha value is -2.47. The van der Waals surface area contributed by atoms with Crippen LogP contribution in [0.3, 0.4) is 0 Å². The van der Waals surface area contributed by atoms with Gasteiger partial charge in [-0.2, -0.15) is 0 Å². The number of amides is 1. The third-order valence-electron chi connectivity index (χ3n) is 3.62. The molecule has 2 heterocycles. The fourth-order valence-electron chi connectivity index (χ4n) is 2.59. The van der Waals surface area contributed by atoms with Gasteiger partial charge in [0.15, 0.2) is 5.82 Å². The molecule has 0 unspecified atom stereocenters. The number of rotatable bonds is 2. The van der Waals surface area contributed by atoms with Crippen LogP contribution in [0.2, 0.25) is 0 Å². The molecule has 0 aliphatic carbocycles. The Morgan fingerprint density at radius 1 is 1.33 bits per heavy atom. The van der Waals surface area contributed by atoms with Gasteiger partial charge in [0, 0.05) is 12.2 Å².